The van der Waals surface area contributed by atoms with Gasteiger partial charge in [0.1, 0.15) is 22.3 Å². The summed E-state index contributed by atoms with van der Waals surface area (Å²) in [6, 6.07) is 5.01. The van der Waals surface area contributed by atoms with Gasteiger partial charge in [-0.3, -0.25) is 4.79 Å². The molecule has 0 aliphatic carbocycles. The van der Waals surface area contributed by atoms with Crippen molar-refractivity contribution in [1.82, 2.24) is 4.31 Å². The molecule has 21 heavy (non-hydrogen) atoms. The zero-order valence-corrected chi connectivity index (χ0v) is 12.1. The first-order chi connectivity index (χ1) is 9.91. The van der Waals surface area contributed by atoms with Gasteiger partial charge in [-0.2, -0.15) is 9.57 Å². The summed E-state index contributed by atoms with van der Waals surface area (Å²) in [6.07, 6.45) is 0.336. The van der Waals surface area contributed by atoms with Crippen LogP contribution in [0.2, 0.25) is 0 Å². The number of halogens is 1. The van der Waals surface area contributed by atoms with Gasteiger partial charge in [-0.1, -0.05) is 6.07 Å². The topological polar surface area (TPSA) is 87.5 Å². The van der Waals surface area contributed by atoms with E-state index in [1.54, 1.807) is 6.07 Å². The first-order valence-electron chi connectivity index (χ1n) is 6.18. The number of nitriles is 1. The highest BCUT2D eigenvalue weighted by Gasteiger charge is 2.37. The van der Waals surface area contributed by atoms with Gasteiger partial charge in [0.25, 0.3) is 0 Å². The van der Waals surface area contributed by atoms with Crippen molar-refractivity contribution >= 4 is 16.0 Å². The lowest BCUT2D eigenvalue weighted by Gasteiger charge is -2.17. The van der Waals surface area contributed by atoms with E-state index in [4.69, 9.17) is 5.26 Å². The molecule has 6 nitrogen and oxygen atoms in total. The maximum atomic E-state index is 13.5. The van der Waals surface area contributed by atoms with Crippen LogP contribution in [0, 0.1) is 23.1 Å². The van der Waals surface area contributed by atoms with E-state index in [-0.39, 0.29) is 18.0 Å². The normalized spacial score (nSPS) is 19.2. The molecule has 112 valence electrons. The number of rotatable bonds is 3. The molecule has 1 fully saturated rings. The van der Waals surface area contributed by atoms with E-state index < -0.39 is 33.3 Å². The van der Waals surface area contributed by atoms with Crippen LogP contribution in [0.25, 0.3) is 0 Å². The van der Waals surface area contributed by atoms with Gasteiger partial charge in [0, 0.05) is 13.1 Å². The Kier molecular flexibility index (Phi) is 4.25. The van der Waals surface area contributed by atoms with Gasteiger partial charge >= 0.3 is 5.97 Å². The van der Waals surface area contributed by atoms with Crippen LogP contribution in [0.15, 0.2) is 23.1 Å². The minimum Gasteiger partial charge on any atom is -0.469 e. The minimum atomic E-state index is -4.02. The first kappa shape index (κ1) is 15.4. The summed E-state index contributed by atoms with van der Waals surface area (Å²) in [6.45, 7) is 0.0971. The lowest BCUT2D eigenvalue weighted by molar-refractivity contribution is -0.144. The SMILES string of the molecule is COC(=O)C1CCN(S(=O)(=O)c2cccc(F)c2C#N)C1. The standard InChI is InChI=1S/C13H13FN2O4S/c1-20-13(17)9-5-6-16(8-9)21(18,19)12-4-2-3-11(14)10(12)7-15/h2-4,9H,5-6,8H2,1H3. The molecule has 0 spiro atoms. The predicted molar refractivity (Wildman–Crippen MR) is 70.0 cm³/mol. The summed E-state index contributed by atoms with van der Waals surface area (Å²) in [5, 5.41) is 8.94. The van der Waals surface area contributed by atoms with Crippen molar-refractivity contribution in [3.05, 3.63) is 29.6 Å². The molecule has 1 aliphatic heterocycles. The Morgan fingerprint density at radius 1 is 1.52 bits per heavy atom. The summed E-state index contributed by atoms with van der Waals surface area (Å²) in [4.78, 5) is 11.1. The third-order valence-corrected chi connectivity index (χ3v) is 5.30. The Bertz CT molecular complexity index is 711. The molecule has 1 aliphatic rings. The number of hydrogen-bond donors (Lipinski definition) is 0. The molecule has 0 amide bonds. The average Bonchev–Trinajstić information content (AvgIpc) is 2.96. The van der Waals surface area contributed by atoms with Crippen LogP contribution >= 0.6 is 0 Å². The predicted octanol–water partition coefficient (Wildman–Crippen LogP) is 0.881. The highest BCUT2D eigenvalue weighted by atomic mass is 32.2. The average molecular weight is 312 g/mol. The number of nitrogens with zero attached hydrogens (tertiary/aromatic N) is 2. The lowest BCUT2D eigenvalue weighted by Crippen LogP contribution is -2.31. The van der Waals surface area contributed by atoms with Crippen molar-refractivity contribution in [3.8, 4) is 6.07 Å². The largest absolute Gasteiger partial charge is 0.469 e. The van der Waals surface area contributed by atoms with Crippen molar-refractivity contribution in [1.29, 1.82) is 5.26 Å². The molecule has 0 radical (unpaired) electrons. The molecule has 8 heteroatoms. The zero-order chi connectivity index (χ0) is 15.6. The van der Waals surface area contributed by atoms with Crippen molar-refractivity contribution in [2.24, 2.45) is 5.92 Å². The van der Waals surface area contributed by atoms with Crippen LogP contribution in [0.3, 0.4) is 0 Å². The Labute approximate surface area is 121 Å². The molecular formula is C13H13FN2O4S. The number of carbonyl (C=O) groups is 1. The number of esters is 1. The number of methoxy groups -OCH3 is 1. The molecule has 1 unspecified atom stereocenters. The van der Waals surface area contributed by atoms with Gasteiger partial charge in [-0.05, 0) is 18.6 Å². The molecule has 2 rings (SSSR count). The zero-order valence-electron chi connectivity index (χ0n) is 11.2. The van der Waals surface area contributed by atoms with E-state index in [0.29, 0.717) is 6.42 Å². The van der Waals surface area contributed by atoms with E-state index in [0.717, 1.165) is 10.4 Å². The van der Waals surface area contributed by atoms with E-state index >= 15 is 0 Å². The summed E-state index contributed by atoms with van der Waals surface area (Å²) in [5.41, 5.74) is -0.515. The second-order valence-corrected chi connectivity index (χ2v) is 6.50. The van der Waals surface area contributed by atoms with Crippen molar-refractivity contribution in [2.75, 3.05) is 20.2 Å². The minimum absolute atomic E-state index is 0.0314. The van der Waals surface area contributed by atoms with Crippen LogP contribution in [0.5, 0.6) is 0 Å². The molecule has 0 aromatic heterocycles. The first-order valence-corrected chi connectivity index (χ1v) is 7.62. The van der Waals surface area contributed by atoms with Gasteiger partial charge in [0.2, 0.25) is 10.0 Å². The molecule has 1 atom stereocenters. The maximum absolute atomic E-state index is 13.5. The third kappa shape index (κ3) is 2.75. The number of hydrogen-bond acceptors (Lipinski definition) is 5. The quantitative estimate of drug-likeness (QED) is 0.773. The van der Waals surface area contributed by atoms with Crippen LogP contribution in [-0.2, 0) is 19.6 Å². The Morgan fingerprint density at radius 3 is 2.86 bits per heavy atom. The summed E-state index contributed by atoms with van der Waals surface area (Å²) >= 11 is 0. The maximum Gasteiger partial charge on any atom is 0.310 e. The van der Waals surface area contributed by atoms with Crippen LogP contribution in [0.1, 0.15) is 12.0 Å². The van der Waals surface area contributed by atoms with E-state index in [1.807, 2.05) is 0 Å². The van der Waals surface area contributed by atoms with Crippen molar-refractivity contribution in [2.45, 2.75) is 11.3 Å². The number of sulfonamides is 1. The number of ether oxygens (including phenoxy) is 1. The number of benzene rings is 1. The van der Waals surface area contributed by atoms with Crippen molar-refractivity contribution in [3.63, 3.8) is 0 Å². The molecule has 0 N–H and O–H groups in total. The number of carbonyl (C=O) groups excluding carboxylic acids is 1. The molecule has 0 saturated carbocycles. The van der Waals surface area contributed by atoms with Crippen LogP contribution in [-0.4, -0.2) is 38.9 Å². The second kappa shape index (κ2) is 5.79. The van der Waals surface area contributed by atoms with Gasteiger partial charge in [0.15, 0.2) is 0 Å². The Balaban J connectivity index is 2.35. The van der Waals surface area contributed by atoms with E-state index in [2.05, 4.69) is 4.74 Å². The highest BCUT2D eigenvalue weighted by Crippen LogP contribution is 2.27. The van der Waals surface area contributed by atoms with Crippen LogP contribution in [0.4, 0.5) is 4.39 Å². The fraction of sp³-hybridized carbons (Fsp3) is 0.385. The molecule has 1 aromatic carbocycles. The van der Waals surface area contributed by atoms with E-state index in [1.165, 1.54) is 19.2 Å². The van der Waals surface area contributed by atoms with Gasteiger partial charge in [0.05, 0.1) is 13.0 Å². The lowest BCUT2D eigenvalue weighted by atomic mass is 10.1. The fourth-order valence-electron chi connectivity index (χ4n) is 2.27. The molecule has 1 saturated heterocycles. The summed E-state index contributed by atoms with van der Waals surface area (Å²) in [7, 11) is -2.78. The molecule has 1 heterocycles. The molecular weight excluding hydrogens is 299 g/mol. The van der Waals surface area contributed by atoms with E-state index in [9.17, 15) is 17.6 Å². The van der Waals surface area contributed by atoms with Gasteiger partial charge in [-0.15, -0.1) is 0 Å². The van der Waals surface area contributed by atoms with Crippen LogP contribution < -0.4 is 0 Å². The van der Waals surface area contributed by atoms with Gasteiger partial charge in [-0.25, -0.2) is 12.8 Å². The highest BCUT2D eigenvalue weighted by molar-refractivity contribution is 7.89. The smallest absolute Gasteiger partial charge is 0.310 e. The van der Waals surface area contributed by atoms with Gasteiger partial charge < -0.3 is 4.74 Å². The Morgan fingerprint density at radius 2 is 2.24 bits per heavy atom. The molecule has 1 aromatic rings. The summed E-state index contributed by atoms with van der Waals surface area (Å²) < 4.78 is 44.2. The summed E-state index contributed by atoms with van der Waals surface area (Å²) in [5.74, 6) is -1.90. The molecule has 0 bridgehead atoms. The third-order valence-electron chi connectivity index (χ3n) is 3.39. The Hall–Kier alpha value is -1.98. The monoisotopic (exact) mass is 312 g/mol. The van der Waals surface area contributed by atoms with Crippen molar-refractivity contribution < 1.29 is 22.3 Å². The second-order valence-electron chi connectivity index (χ2n) is 4.60. The fourth-order valence-corrected chi connectivity index (χ4v) is 3.92.